The van der Waals surface area contributed by atoms with Crippen molar-refractivity contribution in [2.45, 2.75) is 26.5 Å². The van der Waals surface area contributed by atoms with Crippen LogP contribution in [0.25, 0.3) is 0 Å². The van der Waals surface area contributed by atoms with E-state index in [2.05, 4.69) is 11.9 Å². The van der Waals surface area contributed by atoms with E-state index in [9.17, 15) is 4.79 Å². The van der Waals surface area contributed by atoms with Gasteiger partial charge in [0.25, 0.3) is 0 Å². The Morgan fingerprint density at radius 3 is 3.15 bits per heavy atom. The molecule has 0 saturated heterocycles. The molecule has 0 atom stereocenters. The van der Waals surface area contributed by atoms with Gasteiger partial charge in [-0.3, -0.25) is 4.79 Å². The number of aromatic nitrogens is 2. The molecule has 0 saturated carbocycles. The molecular formula is C9H13N2O2. The number of nitrogens with zero attached hydrogens (tertiary/aromatic N) is 2. The SMILES string of the molecule is [CH2]CCn1cnc(COC(C)=O)c1. The van der Waals surface area contributed by atoms with Crippen LogP contribution in [0, 0.1) is 6.92 Å². The average molecular weight is 181 g/mol. The van der Waals surface area contributed by atoms with E-state index in [0.717, 1.165) is 18.7 Å². The summed E-state index contributed by atoms with van der Waals surface area (Å²) in [5, 5.41) is 0. The van der Waals surface area contributed by atoms with E-state index in [1.165, 1.54) is 6.92 Å². The van der Waals surface area contributed by atoms with Crippen molar-refractivity contribution >= 4 is 5.97 Å². The van der Waals surface area contributed by atoms with Gasteiger partial charge >= 0.3 is 5.97 Å². The highest BCUT2D eigenvalue weighted by Gasteiger charge is 1.99. The van der Waals surface area contributed by atoms with Gasteiger partial charge in [0, 0.05) is 19.7 Å². The Morgan fingerprint density at radius 2 is 2.54 bits per heavy atom. The molecule has 13 heavy (non-hydrogen) atoms. The average Bonchev–Trinajstić information content (AvgIpc) is 2.50. The molecule has 0 aliphatic carbocycles. The lowest BCUT2D eigenvalue weighted by Gasteiger charge is -1.97. The Morgan fingerprint density at radius 1 is 1.77 bits per heavy atom. The molecule has 0 bridgehead atoms. The van der Waals surface area contributed by atoms with Crippen LogP contribution in [0.2, 0.25) is 0 Å². The largest absolute Gasteiger partial charge is 0.459 e. The molecule has 4 nitrogen and oxygen atoms in total. The molecule has 1 rings (SSSR count). The van der Waals surface area contributed by atoms with E-state index in [4.69, 9.17) is 4.74 Å². The maximum Gasteiger partial charge on any atom is 0.303 e. The number of imidazole rings is 1. The van der Waals surface area contributed by atoms with Crippen molar-refractivity contribution in [2.24, 2.45) is 0 Å². The molecular weight excluding hydrogens is 168 g/mol. The zero-order chi connectivity index (χ0) is 9.68. The first-order chi connectivity index (χ1) is 6.22. The Kier molecular flexibility index (Phi) is 3.49. The molecule has 1 radical (unpaired) electrons. The predicted molar refractivity (Wildman–Crippen MR) is 47.7 cm³/mol. The predicted octanol–water partition coefficient (Wildman–Crippen LogP) is 1.17. The van der Waals surface area contributed by atoms with Crippen LogP contribution < -0.4 is 0 Å². The maximum absolute atomic E-state index is 10.5. The van der Waals surface area contributed by atoms with Crippen molar-refractivity contribution in [3.63, 3.8) is 0 Å². The Balaban J connectivity index is 2.44. The number of ether oxygens (including phenoxy) is 1. The van der Waals surface area contributed by atoms with Gasteiger partial charge in [-0.15, -0.1) is 0 Å². The van der Waals surface area contributed by atoms with Crippen molar-refractivity contribution in [2.75, 3.05) is 0 Å². The lowest BCUT2D eigenvalue weighted by molar-refractivity contribution is -0.142. The first-order valence-corrected chi connectivity index (χ1v) is 4.15. The third-order valence-electron chi connectivity index (χ3n) is 1.53. The maximum atomic E-state index is 10.5. The van der Waals surface area contributed by atoms with Gasteiger partial charge < -0.3 is 9.30 Å². The van der Waals surface area contributed by atoms with Gasteiger partial charge in [-0.25, -0.2) is 4.98 Å². The van der Waals surface area contributed by atoms with Crippen LogP contribution in [0.15, 0.2) is 12.5 Å². The Bertz CT molecular complexity index is 281. The number of hydrogen-bond acceptors (Lipinski definition) is 3. The van der Waals surface area contributed by atoms with Crippen molar-refractivity contribution in [1.29, 1.82) is 0 Å². The number of aryl methyl sites for hydroxylation is 1. The minimum atomic E-state index is -0.285. The number of esters is 1. The molecule has 0 aliphatic rings. The molecule has 1 aromatic rings. The topological polar surface area (TPSA) is 44.1 Å². The van der Waals surface area contributed by atoms with Gasteiger partial charge in [0.05, 0.1) is 12.0 Å². The first-order valence-electron chi connectivity index (χ1n) is 4.15. The molecule has 0 unspecified atom stereocenters. The van der Waals surface area contributed by atoms with Gasteiger partial charge in [-0.1, -0.05) is 6.92 Å². The van der Waals surface area contributed by atoms with Crippen LogP contribution in [-0.4, -0.2) is 15.5 Å². The molecule has 1 heterocycles. The molecule has 0 fully saturated rings. The third kappa shape index (κ3) is 3.27. The summed E-state index contributed by atoms with van der Waals surface area (Å²) in [4.78, 5) is 14.5. The second-order valence-electron chi connectivity index (χ2n) is 2.74. The molecule has 4 heteroatoms. The fraction of sp³-hybridized carbons (Fsp3) is 0.444. The lowest BCUT2D eigenvalue weighted by atomic mass is 10.4. The molecule has 0 aromatic carbocycles. The monoisotopic (exact) mass is 181 g/mol. The molecule has 71 valence electrons. The quantitative estimate of drug-likeness (QED) is 0.655. The highest BCUT2D eigenvalue weighted by atomic mass is 16.5. The van der Waals surface area contributed by atoms with Gasteiger partial charge in [0.2, 0.25) is 0 Å². The van der Waals surface area contributed by atoms with E-state index >= 15 is 0 Å². The summed E-state index contributed by atoms with van der Waals surface area (Å²) in [5.74, 6) is -0.285. The van der Waals surface area contributed by atoms with E-state index < -0.39 is 0 Å². The van der Waals surface area contributed by atoms with Crippen molar-refractivity contribution in [3.8, 4) is 0 Å². The van der Waals surface area contributed by atoms with Crippen LogP contribution in [0.3, 0.4) is 0 Å². The summed E-state index contributed by atoms with van der Waals surface area (Å²) in [6.45, 7) is 6.20. The number of rotatable bonds is 4. The Labute approximate surface area is 77.5 Å². The molecule has 1 aromatic heterocycles. The van der Waals surface area contributed by atoms with Crippen LogP contribution >= 0.6 is 0 Å². The number of hydrogen-bond donors (Lipinski definition) is 0. The summed E-state index contributed by atoms with van der Waals surface area (Å²) >= 11 is 0. The summed E-state index contributed by atoms with van der Waals surface area (Å²) in [5.41, 5.74) is 0.767. The molecule has 0 spiro atoms. The van der Waals surface area contributed by atoms with Crippen LogP contribution in [0.1, 0.15) is 19.0 Å². The smallest absolute Gasteiger partial charge is 0.303 e. The number of carbonyl (C=O) groups is 1. The molecule has 0 aliphatic heterocycles. The van der Waals surface area contributed by atoms with Gasteiger partial charge in [0.1, 0.15) is 6.61 Å². The second-order valence-corrected chi connectivity index (χ2v) is 2.74. The molecule has 0 N–H and O–H groups in total. The fourth-order valence-electron chi connectivity index (χ4n) is 0.961. The minimum absolute atomic E-state index is 0.249. The summed E-state index contributed by atoms with van der Waals surface area (Å²) in [6, 6.07) is 0. The van der Waals surface area contributed by atoms with Gasteiger partial charge in [-0.2, -0.15) is 0 Å². The van der Waals surface area contributed by atoms with E-state index in [1.807, 2.05) is 10.8 Å². The minimum Gasteiger partial charge on any atom is -0.459 e. The zero-order valence-electron chi connectivity index (χ0n) is 7.69. The summed E-state index contributed by atoms with van der Waals surface area (Å²) < 4.78 is 6.71. The number of carbonyl (C=O) groups excluding carboxylic acids is 1. The lowest BCUT2D eigenvalue weighted by Crippen LogP contribution is -1.99. The van der Waals surface area contributed by atoms with Crippen LogP contribution in [0.5, 0.6) is 0 Å². The molecule has 0 amide bonds. The van der Waals surface area contributed by atoms with Crippen LogP contribution in [-0.2, 0) is 22.7 Å². The van der Waals surface area contributed by atoms with Gasteiger partial charge in [-0.05, 0) is 6.42 Å². The zero-order valence-corrected chi connectivity index (χ0v) is 7.69. The first kappa shape index (κ1) is 9.77. The highest BCUT2D eigenvalue weighted by molar-refractivity contribution is 5.65. The summed E-state index contributed by atoms with van der Waals surface area (Å²) in [7, 11) is 0. The van der Waals surface area contributed by atoms with Crippen molar-refractivity contribution < 1.29 is 9.53 Å². The standard InChI is InChI=1S/C9H13N2O2/c1-3-4-11-5-9(10-7-11)6-13-8(2)12/h5,7H,1,3-4,6H2,2H3. The fourth-order valence-corrected chi connectivity index (χ4v) is 0.961. The van der Waals surface area contributed by atoms with E-state index in [0.29, 0.717) is 0 Å². The Hall–Kier alpha value is -1.32. The van der Waals surface area contributed by atoms with Crippen molar-refractivity contribution in [1.82, 2.24) is 9.55 Å². The van der Waals surface area contributed by atoms with E-state index in [-0.39, 0.29) is 12.6 Å². The van der Waals surface area contributed by atoms with Crippen LogP contribution in [0.4, 0.5) is 0 Å². The van der Waals surface area contributed by atoms with Gasteiger partial charge in [0.15, 0.2) is 0 Å². The highest BCUT2D eigenvalue weighted by Crippen LogP contribution is 1.99. The van der Waals surface area contributed by atoms with E-state index in [1.54, 1.807) is 6.33 Å². The second kappa shape index (κ2) is 4.64. The third-order valence-corrected chi connectivity index (χ3v) is 1.53. The normalized spacial score (nSPS) is 10.0. The summed E-state index contributed by atoms with van der Waals surface area (Å²) in [6.07, 6.45) is 4.39. The van der Waals surface area contributed by atoms with Crippen molar-refractivity contribution in [3.05, 3.63) is 25.1 Å².